The van der Waals surface area contributed by atoms with Crippen LogP contribution in [0.4, 0.5) is 10.5 Å². The fourth-order valence-corrected chi connectivity index (χ4v) is 4.68. The lowest BCUT2D eigenvalue weighted by molar-refractivity contribution is -0.141. The molecule has 3 aliphatic rings. The summed E-state index contributed by atoms with van der Waals surface area (Å²) in [6, 6.07) is 6.60. The van der Waals surface area contributed by atoms with Crippen molar-refractivity contribution in [2.45, 2.75) is 31.7 Å². The Bertz CT molecular complexity index is 779. The van der Waals surface area contributed by atoms with E-state index in [2.05, 4.69) is 26.2 Å². The molecule has 1 aromatic carbocycles. The number of rotatable bonds is 3. The highest BCUT2D eigenvalue weighted by atomic mass is 79.9. The average Bonchev–Trinajstić information content (AvgIpc) is 3.17. The molecule has 2 aliphatic carbocycles. The van der Waals surface area contributed by atoms with Crippen LogP contribution in [0.1, 0.15) is 25.7 Å². The number of halogens is 1. The summed E-state index contributed by atoms with van der Waals surface area (Å²) in [5.74, 6) is -1.15. The van der Waals surface area contributed by atoms with Crippen molar-refractivity contribution in [2.75, 3.05) is 0 Å². The van der Waals surface area contributed by atoms with Gasteiger partial charge in [0.15, 0.2) is 5.92 Å². The number of fused-ring (bicyclic) bond motifs is 2. The van der Waals surface area contributed by atoms with E-state index < -0.39 is 23.8 Å². The minimum absolute atomic E-state index is 0.0823. The number of benzene rings is 1. The number of amides is 4. The number of carbonyl (C=O) groups is 3. The van der Waals surface area contributed by atoms with Gasteiger partial charge in [-0.3, -0.25) is 24.8 Å². The zero-order chi connectivity index (χ0) is 17.6. The number of carbonyl (C=O) groups excluding carboxylic acids is 3. The second-order valence-corrected chi connectivity index (χ2v) is 7.90. The van der Waals surface area contributed by atoms with Crippen LogP contribution in [0, 0.1) is 17.8 Å². The molecule has 4 rings (SSSR count). The van der Waals surface area contributed by atoms with E-state index in [-0.39, 0.29) is 6.04 Å². The first kappa shape index (κ1) is 16.4. The Morgan fingerprint density at radius 2 is 2.04 bits per heavy atom. The van der Waals surface area contributed by atoms with Crippen molar-refractivity contribution in [3.8, 4) is 0 Å². The van der Waals surface area contributed by atoms with Gasteiger partial charge in [-0.05, 0) is 49.3 Å². The molecule has 0 unspecified atom stereocenters. The van der Waals surface area contributed by atoms with Crippen LogP contribution in [-0.4, -0.2) is 35.0 Å². The first-order chi connectivity index (χ1) is 12.0. The molecule has 25 heavy (non-hydrogen) atoms. The quantitative estimate of drug-likeness (QED) is 0.622. The van der Waals surface area contributed by atoms with Crippen molar-refractivity contribution >= 4 is 45.7 Å². The Morgan fingerprint density at radius 3 is 2.72 bits per heavy atom. The molecule has 2 bridgehead atoms. The van der Waals surface area contributed by atoms with Crippen LogP contribution in [0.15, 0.2) is 33.7 Å². The highest BCUT2D eigenvalue weighted by Crippen LogP contribution is 2.47. The maximum atomic E-state index is 12.8. The van der Waals surface area contributed by atoms with E-state index in [1.54, 1.807) is 12.1 Å². The molecule has 0 spiro atoms. The van der Waals surface area contributed by atoms with Crippen LogP contribution >= 0.6 is 15.9 Å². The molecule has 2 saturated carbocycles. The SMILES string of the molecule is O=C1NC(=O)N([C@@H]2C[C@H]3CC[C@H]2C3)C(=O)[C@H]1C=Nc1cccc(Br)c1. The average molecular weight is 404 g/mol. The number of aliphatic imine (C=N–C) groups is 1. The summed E-state index contributed by atoms with van der Waals surface area (Å²) in [7, 11) is 0. The molecule has 6 nitrogen and oxygen atoms in total. The highest BCUT2D eigenvalue weighted by Gasteiger charge is 2.50. The standard InChI is InChI=1S/C18H18BrN3O3/c19-12-2-1-3-13(8-12)20-9-14-16(23)21-18(25)22(17(14)24)15-7-10-4-5-11(15)6-10/h1-3,8-11,14-15H,4-7H2,(H,21,23,25)/t10-,11-,14-,15+/m0/s1. The predicted octanol–water partition coefficient (Wildman–Crippen LogP) is 3.03. The second kappa shape index (κ2) is 6.37. The summed E-state index contributed by atoms with van der Waals surface area (Å²) < 4.78 is 0.861. The molecule has 4 amide bonds. The van der Waals surface area contributed by atoms with Gasteiger partial charge in [-0.15, -0.1) is 0 Å². The molecule has 1 heterocycles. The van der Waals surface area contributed by atoms with Crippen molar-refractivity contribution < 1.29 is 14.4 Å². The molecule has 0 radical (unpaired) electrons. The molecule has 1 aromatic rings. The van der Waals surface area contributed by atoms with Gasteiger partial charge < -0.3 is 0 Å². The minimum Gasteiger partial charge on any atom is -0.277 e. The molecule has 7 heteroatoms. The number of imide groups is 2. The maximum Gasteiger partial charge on any atom is 0.331 e. The lowest BCUT2D eigenvalue weighted by Crippen LogP contribution is -2.62. The van der Waals surface area contributed by atoms with E-state index >= 15 is 0 Å². The van der Waals surface area contributed by atoms with E-state index in [0.717, 1.165) is 23.7 Å². The summed E-state index contributed by atoms with van der Waals surface area (Å²) >= 11 is 3.36. The van der Waals surface area contributed by atoms with E-state index in [1.807, 2.05) is 12.1 Å². The largest absolute Gasteiger partial charge is 0.331 e. The number of nitrogens with zero attached hydrogens (tertiary/aromatic N) is 2. The van der Waals surface area contributed by atoms with Crippen LogP contribution in [0.3, 0.4) is 0 Å². The Hall–Kier alpha value is -2.02. The molecule has 1 N–H and O–H groups in total. The van der Waals surface area contributed by atoms with Crippen LogP contribution in [0.2, 0.25) is 0 Å². The van der Waals surface area contributed by atoms with Gasteiger partial charge in [-0.25, -0.2) is 4.79 Å². The number of barbiturate groups is 1. The van der Waals surface area contributed by atoms with Gasteiger partial charge in [0.25, 0.3) is 0 Å². The van der Waals surface area contributed by atoms with Gasteiger partial charge in [0.2, 0.25) is 11.8 Å². The topological polar surface area (TPSA) is 78.8 Å². The Morgan fingerprint density at radius 1 is 1.20 bits per heavy atom. The molecule has 3 fully saturated rings. The van der Waals surface area contributed by atoms with E-state index in [1.165, 1.54) is 17.5 Å². The third-order valence-electron chi connectivity index (χ3n) is 5.45. The van der Waals surface area contributed by atoms with Gasteiger partial charge in [-0.2, -0.15) is 0 Å². The molecule has 4 atom stereocenters. The van der Waals surface area contributed by atoms with Crippen molar-refractivity contribution in [1.82, 2.24) is 10.2 Å². The molecule has 130 valence electrons. The molecule has 1 saturated heterocycles. The third-order valence-corrected chi connectivity index (χ3v) is 5.94. The summed E-state index contributed by atoms with van der Waals surface area (Å²) in [5, 5.41) is 2.32. The van der Waals surface area contributed by atoms with Crippen molar-refractivity contribution in [1.29, 1.82) is 0 Å². The van der Waals surface area contributed by atoms with Gasteiger partial charge >= 0.3 is 6.03 Å². The first-order valence-corrected chi connectivity index (χ1v) is 9.30. The fraction of sp³-hybridized carbons (Fsp3) is 0.444. The van der Waals surface area contributed by atoms with E-state index in [4.69, 9.17) is 0 Å². The van der Waals surface area contributed by atoms with Crippen LogP contribution in [0.5, 0.6) is 0 Å². The normalized spacial score (nSPS) is 31.9. The number of urea groups is 1. The summed E-state index contributed by atoms with van der Waals surface area (Å²) in [6.07, 6.45) is 5.50. The summed E-state index contributed by atoms with van der Waals surface area (Å²) in [4.78, 5) is 42.8. The Labute approximate surface area is 153 Å². The number of nitrogens with one attached hydrogen (secondary N) is 1. The third kappa shape index (κ3) is 3.01. The lowest BCUT2D eigenvalue weighted by Gasteiger charge is -2.36. The zero-order valence-electron chi connectivity index (χ0n) is 13.5. The maximum absolute atomic E-state index is 12.8. The molecular weight excluding hydrogens is 386 g/mol. The second-order valence-electron chi connectivity index (χ2n) is 6.98. The van der Waals surface area contributed by atoms with Gasteiger partial charge in [-0.1, -0.05) is 28.4 Å². The van der Waals surface area contributed by atoms with Gasteiger partial charge in [0.05, 0.1) is 5.69 Å². The smallest absolute Gasteiger partial charge is 0.277 e. The van der Waals surface area contributed by atoms with Gasteiger partial charge in [0, 0.05) is 16.7 Å². The van der Waals surface area contributed by atoms with E-state index in [9.17, 15) is 14.4 Å². The lowest BCUT2D eigenvalue weighted by atomic mass is 9.92. The Balaban J connectivity index is 1.56. The fourth-order valence-electron chi connectivity index (χ4n) is 4.30. The van der Waals surface area contributed by atoms with Crippen LogP contribution < -0.4 is 5.32 Å². The van der Waals surface area contributed by atoms with E-state index in [0.29, 0.717) is 17.5 Å². The monoisotopic (exact) mass is 403 g/mol. The number of hydrogen-bond donors (Lipinski definition) is 1. The van der Waals surface area contributed by atoms with Crippen LogP contribution in [-0.2, 0) is 9.59 Å². The summed E-state index contributed by atoms with van der Waals surface area (Å²) in [5.41, 5.74) is 0.637. The first-order valence-electron chi connectivity index (χ1n) is 8.50. The van der Waals surface area contributed by atoms with Crippen molar-refractivity contribution in [2.24, 2.45) is 22.7 Å². The van der Waals surface area contributed by atoms with Crippen molar-refractivity contribution in [3.05, 3.63) is 28.7 Å². The van der Waals surface area contributed by atoms with Crippen molar-refractivity contribution in [3.63, 3.8) is 0 Å². The predicted molar refractivity (Wildman–Crippen MR) is 95.4 cm³/mol. The van der Waals surface area contributed by atoms with Gasteiger partial charge in [0.1, 0.15) is 0 Å². The minimum atomic E-state index is -1.06. The van der Waals surface area contributed by atoms with Crippen LogP contribution in [0.25, 0.3) is 0 Å². The Kier molecular flexibility index (Phi) is 4.19. The zero-order valence-corrected chi connectivity index (χ0v) is 15.1. The molecule has 0 aromatic heterocycles. The molecule has 1 aliphatic heterocycles. The number of hydrogen-bond acceptors (Lipinski definition) is 4. The summed E-state index contributed by atoms with van der Waals surface area (Å²) in [6.45, 7) is 0. The molecular formula is C18H18BrN3O3. The highest BCUT2D eigenvalue weighted by molar-refractivity contribution is 9.10.